The van der Waals surface area contributed by atoms with Gasteiger partial charge in [0.05, 0.1) is 0 Å². The Morgan fingerprint density at radius 2 is 1.87 bits per heavy atom. The molecular weight excluding hydrogens is 388 g/mol. The number of aromatic amines is 2. The molecule has 0 saturated carbocycles. The van der Waals surface area contributed by atoms with E-state index in [0.29, 0.717) is 12.5 Å². The van der Waals surface area contributed by atoms with E-state index in [1.54, 1.807) is 12.1 Å². The molecule has 0 spiro atoms. The first kappa shape index (κ1) is 19.0. The van der Waals surface area contributed by atoms with Gasteiger partial charge in [-0.15, -0.1) is 0 Å². The number of fused-ring (bicyclic) bond motifs is 2. The van der Waals surface area contributed by atoms with Crippen molar-refractivity contribution in [2.75, 3.05) is 23.8 Å². The Morgan fingerprint density at radius 3 is 2.77 bits per heavy atom. The Morgan fingerprint density at radius 1 is 1.00 bits per heavy atom. The van der Waals surface area contributed by atoms with Crippen molar-refractivity contribution in [1.82, 2.24) is 19.9 Å². The van der Waals surface area contributed by atoms with Crippen LogP contribution in [-0.4, -0.2) is 38.6 Å². The third kappa shape index (κ3) is 3.77. The average Bonchev–Trinajstić information content (AvgIpc) is 3.39. The molecular formula is C24H24N6O. The second kappa shape index (κ2) is 7.68. The smallest absolute Gasteiger partial charge is 0.224 e. The first-order chi connectivity index (χ1) is 15.1. The molecule has 3 aromatic heterocycles. The zero-order chi connectivity index (χ0) is 21.4. The number of anilines is 3. The van der Waals surface area contributed by atoms with Crippen LogP contribution in [0.5, 0.6) is 5.75 Å². The minimum absolute atomic E-state index is 0.272. The van der Waals surface area contributed by atoms with Gasteiger partial charge in [-0.2, -0.15) is 4.98 Å². The van der Waals surface area contributed by atoms with Crippen molar-refractivity contribution < 1.29 is 5.11 Å². The van der Waals surface area contributed by atoms with E-state index < -0.39 is 0 Å². The molecule has 7 nitrogen and oxygen atoms in total. The number of aryl methyl sites for hydroxylation is 1. The molecule has 0 saturated heterocycles. The summed E-state index contributed by atoms with van der Waals surface area (Å²) in [5.41, 5.74) is 5.24. The predicted molar refractivity (Wildman–Crippen MR) is 125 cm³/mol. The number of hydrogen-bond donors (Lipinski definition) is 4. The van der Waals surface area contributed by atoms with Crippen molar-refractivity contribution in [1.29, 1.82) is 0 Å². The Hall–Kier alpha value is -4.00. The van der Waals surface area contributed by atoms with Crippen LogP contribution >= 0.6 is 0 Å². The monoisotopic (exact) mass is 412 g/mol. The number of rotatable bonds is 6. The van der Waals surface area contributed by atoms with E-state index in [1.807, 2.05) is 38.5 Å². The molecule has 0 unspecified atom stereocenters. The molecule has 3 heterocycles. The van der Waals surface area contributed by atoms with E-state index in [9.17, 15) is 5.11 Å². The van der Waals surface area contributed by atoms with Gasteiger partial charge in [0.25, 0.3) is 0 Å². The third-order valence-corrected chi connectivity index (χ3v) is 5.54. The highest BCUT2D eigenvalue weighted by Crippen LogP contribution is 2.27. The number of hydrogen-bond acceptors (Lipinski definition) is 5. The van der Waals surface area contributed by atoms with Gasteiger partial charge >= 0.3 is 0 Å². The zero-order valence-corrected chi connectivity index (χ0v) is 17.5. The number of aromatic hydroxyl groups is 1. The lowest BCUT2D eigenvalue weighted by Gasteiger charge is -2.19. The highest BCUT2D eigenvalue weighted by molar-refractivity contribution is 5.85. The second-order valence-corrected chi connectivity index (χ2v) is 7.72. The maximum absolute atomic E-state index is 9.77. The van der Waals surface area contributed by atoms with Crippen molar-refractivity contribution in [3.05, 3.63) is 72.2 Å². The van der Waals surface area contributed by atoms with E-state index in [4.69, 9.17) is 4.98 Å². The molecule has 0 amide bonds. The number of nitrogens with one attached hydrogen (secondary N) is 3. The second-order valence-electron chi connectivity index (χ2n) is 7.72. The van der Waals surface area contributed by atoms with E-state index >= 15 is 0 Å². The molecule has 5 rings (SSSR count). The SMILES string of the molecule is Cc1cc(N(C)c2ccc3[nH]ccc3c2)nc(NCCc2c[nH]c3ccc(O)cc23)n1. The minimum Gasteiger partial charge on any atom is -0.508 e. The summed E-state index contributed by atoms with van der Waals surface area (Å²) in [5.74, 6) is 1.71. The first-order valence-electron chi connectivity index (χ1n) is 10.3. The van der Waals surface area contributed by atoms with E-state index in [2.05, 4.69) is 49.4 Å². The maximum Gasteiger partial charge on any atom is 0.224 e. The summed E-state index contributed by atoms with van der Waals surface area (Å²) < 4.78 is 0. The largest absolute Gasteiger partial charge is 0.508 e. The van der Waals surface area contributed by atoms with Crippen LogP contribution in [0.25, 0.3) is 21.8 Å². The normalized spacial score (nSPS) is 11.3. The Labute approximate surface area is 179 Å². The van der Waals surface area contributed by atoms with Gasteiger partial charge in [0.1, 0.15) is 11.6 Å². The molecule has 0 aliphatic rings. The van der Waals surface area contributed by atoms with Crippen molar-refractivity contribution in [3.63, 3.8) is 0 Å². The number of phenols is 1. The summed E-state index contributed by atoms with van der Waals surface area (Å²) in [6.45, 7) is 2.66. The lowest BCUT2D eigenvalue weighted by Crippen LogP contribution is -2.15. The van der Waals surface area contributed by atoms with Crippen molar-refractivity contribution in [2.45, 2.75) is 13.3 Å². The summed E-state index contributed by atoms with van der Waals surface area (Å²) in [7, 11) is 2.01. The Bertz CT molecular complexity index is 1370. The molecule has 0 aliphatic carbocycles. The number of nitrogens with zero attached hydrogens (tertiary/aromatic N) is 3. The number of benzene rings is 2. The van der Waals surface area contributed by atoms with Gasteiger partial charge in [-0.1, -0.05) is 0 Å². The molecule has 0 bridgehead atoms. The lowest BCUT2D eigenvalue weighted by molar-refractivity contribution is 0.476. The minimum atomic E-state index is 0.272. The molecule has 0 fully saturated rings. The van der Waals surface area contributed by atoms with Gasteiger partial charge in [-0.3, -0.25) is 0 Å². The van der Waals surface area contributed by atoms with Crippen molar-refractivity contribution >= 4 is 39.3 Å². The van der Waals surface area contributed by atoms with Crippen molar-refractivity contribution in [3.8, 4) is 5.75 Å². The molecule has 31 heavy (non-hydrogen) atoms. The molecule has 7 heteroatoms. The summed E-state index contributed by atoms with van der Waals surface area (Å²) in [4.78, 5) is 17.8. The number of aromatic nitrogens is 4. The third-order valence-electron chi connectivity index (χ3n) is 5.54. The standard InChI is InChI=1S/C24H24N6O/c1-15-11-23(30(2)18-3-5-21-16(12-18)7-9-25-21)29-24(28-15)26-10-8-17-14-27-22-6-4-19(31)13-20(17)22/h3-7,9,11-14,25,27,31H,8,10H2,1-2H3,(H,26,28,29). The van der Waals surface area contributed by atoms with Crippen molar-refractivity contribution in [2.24, 2.45) is 0 Å². The highest BCUT2D eigenvalue weighted by Gasteiger charge is 2.10. The maximum atomic E-state index is 9.77. The molecule has 2 aromatic carbocycles. The quantitative estimate of drug-likeness (QED) is 0.319. The molecule has 0 aliphatic heterocycles. The van der Waals surface area contributed by atoms with E-state index in [-0.39, 0.29) is 5.75 Å². The summed E-state index contributed by atoms with van der Waals surface area (Å²) >= 11 is 0. The predicted octanol–water partition coefficient (Wildman–Crippen LogP) is 4.88. The van der Waals surface area contributed by atoms with Gasteiger partial charge in [-0.05, 0) is 61.4 Å². The molecule has 0 radical (unpaired) electrons. The summed E-state index contributed by atoms with van der Waals surface area (Å²) in [6, 6.07) is 15.7. The van der Waals surface area contributed by atoms with Gasteiger partial charge in [0.15, 0.2) is 0 Å². The molecule has 5 aromatic rings. The van der Waals surface area contributed by atoms with Crippen LogP contribution in [0.4, 0.5) is 17.5 Å². The molecule has 4 N–H and O–H groups in total. The first-order valence-corrected chi connectivity index (χ1v) is 10.3. The lowest BCUT2D eigenvalue weighted by atomic mass is 10.1. The van der Waals surface area contributed by atoms with Crippen LogP contribution in [0, 0.1) is 6.92 Å². The molecule has 0 atom stereocenters. The van der Waals surface area contributed by atoms with Gasteiger partial charge in [-0.25, -0.2) is 4.98 Å². The number of phenolic OH excluding ortho intramolecular Hbond substituents is 1. The fourth-order valence-corrected chi connectivity index (χ4v) is 3.87. The highest BCUT2D eigenvalue weighted by atomic mass is 16.3. The zero-order valence-electron chi connectivity index (χ0n) is 17.5. The van der Waals surface area contributed by atoms with Crippen LogP contribution < -0.4 is 10.2 Å². The van der Waals surface area contributed by atoms with Crippen LogP contribution in [0.15, 0.2) is 60.9 Å². The Kier molecular flexibility index (Phi) is 4.71. The van der Waals surface area contributed by atoms with Crippen LogP contribution in [0.2, 0.25) is 0 Å². The number of H-pyrrole nitrogens is 2. The topological polar surface area (TPSA) is 92.9 Å². The molecule has 156 valence electrons. The van der Waals surface area contributed by atoms with E-state index in [0.717, 1.165) is 45.6 Å². The fraction of sp³-hybridized carbons (Fsp3) is 0.167. The average molecular weight is 412 g/mol. The summed E-state index contributed by atoms with van der Waals surface area (Å²) in [6.07, 6.45) is 4.72. The fourth-order valence-electron chi connectivity index (χ4n) is 3.87. The summed E-state index contributed by atoms with van der Waals surface area (Å²) in [5, 5.41) is 15.3. The van der Waals surface area contributed by atoms with Gasteiger partial charge in [0.2, 0.25) is 5.95 Å². The van der Waals surface area contributed by atoms with E-state index in [1.165, 1.54) is 5.39 Å². The Balaban J connectivity index is 1.32. The van der Waals surface area contributed by atoms with Crippen LogP contribution in [0.3, 0.4) is 0 Å². The van der Waals surface area contributed by atoms with Gasteiger partial charge < -0.3 is 25.3 Å². The van der Waals surface area contributed by atoms with Gasteiger partial charge in [0, 0.05) is 65.2 Å². The van der Waals surface area contributed by atoms with Crippen LogP contribution in [0.1, 0.15) is 11.3 Å². The van der Waals surface area contributed by atoms with Crippen LogP contribution in [-0.2, 0) is 6.42 Å².